The normalized spacial score (nSPS) is 15.8. The van der Waals surface area contributed by atoms with Crippen molar-refractivity contribution in [1.82, 2.24) is 9.21 Å². The van der Waals surface area contributed by atoms with Crippen LogP contribution in [-0.2, 0) is 10.0 Å². The molecule has 1 saturated heterocycles. The molecule has 2 aromatic carbocycles. The number of hydrogen-bond donors (Lipinski definition) is 0. The summed E-state index contributed by atoms with van der Waals surface area (Å²) < 4.78 is 41.0. The first-order valence-corrected chi connectivity index (χ1v) is 10.8. The summed E-state index contributed by atoms with van der Waals surface area (Å²) in [6.45, 7) is 2.67. The SMILES string of the molecule is Cc1cc(S(=O)(=O)N2CCN(C(=O)c3ccc(F)cc3Cl)CC2)ccc1Br. The van der Waals surface area contributed by atoms with Crippen LogP contribution < -0.4 is 0 Å². The maximum Gasteiger partial charge on any atom is 0.255 e. The molecule has 0 atom stereocenters. The molecule has 9 heteroatoms. The van der Waals surface area contributed by atoms with Gasteiger partial charge < -0.3 is 4.90 Å². The zero-order valence-corrected chi connectivity index (χ0v) is 17.6. The van der Waals surface area contributed by atoms with E-state index in [-0.39, 0.29) is 47.6 Å². The third-order valence-electron chi connectivity index (χ3n) is 4.45. The number of hydrogen-bond acceptors (Lipinski definition) is 3. The van der Waals surface area contributed by atoms with E-state index >= 15 is 0 Å². The number of carbonyl (C=O) groups is 1. The number of halogens is 3. The zero-order chi connectivity index (χ0) is 19.8. The number of aryl methyl sites for hydroxylation is 1. The van der Waals surface area contributed by atoms with Crippen LogP contribution in [0.2, 0.25) is 5.02 Å². The summed E-state index contributed by atoms with van der Waals surface area (Å²) in [7, 11) is -3.63. The van der Waals surface area contributed by atoms with Crippen molar-refractivity contribution < 1.29 is 17.6 Å². The van der Waals surface area contributed by atoms with Gasteiger partial charge in [0.2, 0.25) is 10.0 Å². The molecule has 1 amide bonds. The Morgan fingerprint density at radius 2 is 1.78 bits per heavy atom. The quantitative estimate of drug-likeness (QED) is 0.680. The monoisotopic (exact) mass is 474 g/mol. The minimum absolute atomic E-state index is 0.0420. The molecule has 0 spiro atoms. The molecule has 0 unspecified atom stereocenters. The van der Waals surface area contributed by atoms with Gasteiger partial charge in [-0.3, -0.25) is 4.79 Å². The highest BCUT2D eigenvalue weighted by atomic mass is 79.9. The van der Waals surface area contributed by atoms with Crippen LogP contribution in [0, 0.1) is 12.7 Å². The summed E-state index contributed by atoms with van der Waals surface area (Å²) in [6, 6.07) is 8.49. The minimum Gasteiger partial charge on any atom is -0.336 e. The molecule has 3 rings (SSSR count). The number of piperazine rings is 1. The predicted octanol–water partition coefficient (Wildman–Crippen LogP) is 3.70. The predicted molar refractivity (Wildman–Crippen MR) is 105 cm³/mol. The summed E-state index contributed by atoms with van der Waals surface area (Å²) in [5.74, 6) is -0.853. The summed E-state index contributed by atoms with van der Waals surface area (Å²) in [5.41, 5.74) is 1.04. The van der Waals surface area contributed by atoms with Gasteiger partial charge in [0.25, 0.3) is 5.91 Å². The summed E-state index contributed by atoms with van der Waals surface area (Å²) >= 11 is 9.32. The Hall–Kier alpha value is -1.48. The molecule has 0 aromatic heterocycles. The highest BCUT2D eigenvalue weighted by Crippen LogP contribution is 2.24. The van der Waals surface area contributed by atoms with Gasteiger partial charge in [0.15, 0.2) is 0 Å². The van der Waals surface area contributed by atoms with Gasteiger partial charge >= 0.3 is 0 Å². The lowest BCUT2D eigenvalue weighted by Crippen LogP contribution is -2.50. The second-order valence-electron chi connectivity index (χ2n) is 6.23. The van der Waals surface area contributed by atoms with E-state index in [0.29, 0.717) is 0 Å². The number of benzene rings is 2. The van der Waals surface area contributed by atoms with Crippen LogP contribution in [0.25, 0.3) is 0 Å². The fraction of sp³-hybridized carbons (Fsp3) is 0.278. The molecule has 5 nitrogen and oxygen atoms in total. The number of rotatable bonds is 3. The molecule has 1 fully saturated rings. The molecule has 1 aliphatic rings. The van der Waals surface area contributed by atoms with E-state index in [9.17, 15) is 17.6 Å². The van der Waals surface area contributed by atoms with E-state index in [0.717, 1.165) is 16.1 Å². The number of carbonyl (C=O) groups excluding carboxylic acids is 1. The van der Waals surface area contributed by atoms with E-state index in [1.807, 2.05) is 6.92 Å². The Morgan fingerprint density at radius 3 is 2.37 bits per heavy atom. The zero-order valence-electron chi connectivity index (χ0n) is 14.5. The molecule has 1 aliphatic heterocycles. The maximum absolute atomic E-state index is 13.2. The van der Waals surface area contributed by atoms with Gasteiger partial charge in [-0.2, -0.15) is 4.31 Å². The van der Waals surface area contributed by atoms with E-state index in [1.54, 1.807) is 18.2 Å². The Morgan fingerprint density at radius 1 is 1.11 bits per heavy atom. The molecule has 0 radical (unpaired) electrons. The fourth-order valence-electron chi connectivity index (χ4n) is 2.89. The van der Waals surface area contributed by atoms with Crippen LogP contribution in [0.1, 0.15) is 15.9 Å². The largest absolute Gasteiger partial charge is 0.336 e. The van der Waals surface area contributed by atoms with Crippen molar-refractivity contribution in [3.8, 4) is 0 Å². The van der Waals surface area contributed by atoms with Gasteiger partial charge in [-0.25, -0.2) is 12.8 Å². The van der Waals surface area contributed by atoms with E-state index < -0.39 is 15.8 Å². The Bertz CT molecular complexity index is 992. The van der Waals surface area contributed by atoms with Crippen molar-refractivity contribution in [1.29, 1.82) is 0 Å². The van der Waals surface area contributed by atoms with Crippen molar-refractivity contribution in [3.05, 3.63) is 62.8 Å². The first-order chi connectivity index (χ1) is 12.7. The van der Waals surface area contributed by atoms with Crippen LogP contribution >= 0.6 is 27.5 Å². The first-order valence-electron chi connectivity index (χ1n) is 8.21. The second kappa shape index (κ2) is 7.87. The van der Waals surface area contributed by atoms with Gasteiger partial charge in [0, 0.05) is 30.7 Å². The fourth-order valence-corrected chi connectivity index (χ4v) is 4.89. The summed E-state index contributed by atoms with van der Waals surface area (Å²) in [6.07, 6.45) is 0. The maximum atomic E-state index is 13.2. The van der Waals surface area contributed by atoms with Crippen LogP contribution in [0.15, 0.2) is 45.8 Å². The molecular formula is C18H17BrClFN2O3S. The summed E-state index contributed by atoms with van der Waals surface area (Å²) in [5, 5.41) is 0.0420. The van der Waals surface area contributed by atoms with Crippen molar-refractivity contribution in [3.63, 3.8) is 0 Å². The minimum atomic E-state index is -3.63. The Balaban J connectivity index is 1.72. The topological polar surface area (TPSA) is 57.7 Å². The third kappa shape index (κ3) is 4.18. The van der Waals surface area contributed by atoms with Gasteiger partial charge in [-0.15, -0.1) is 0 Å². The third-order valence-corrected chi connectivity index (χ3v) is 7.55. The van der Waals surface area contributed by atoms with Crippen LogP contribution in [-0.4, -0.2) is 49.7 Å². The van der Waals surface area contributed by atoms with E-state index in [2.05, 4.69) is 15.9 Å². The highest BCUT2D eigenvalue weighted by Gasteiger charge is 2.31. The molecule has 1 heterocycles. The van der Waals surface area contributed by atoms with Gasteiger partial charge in [-0.1, -0.05) is 27.5 Å². The van der Waals surface area contributed by atoms with Gasteiger partial charge in [0.05, 0.1) is 15.5 Å². The number of amides is 1. The van der Waals surface area contributed by atoms with Crippen molar-refractivity contribution in [2.75, 3.05) is 26.2 Å². The molecule has 27 heavy (non-hydrogen) atoms. The smallest absolute Gasteiger partial charge is 0.255 e. The molecule has 144 valence electrons. The number of nitrogens with zero attached hydrogens (tertiary/aromatic N) is 2. The van der Waals surface area contributed by atoms with E-state index in [4.69, 9.17) is 11.6 Å². The molecule has 2 aromatic rings. The molecule has 0 saturated carbocycles. The van der Waals surface area contributed by atoms with Gasteiger partial charge in [-0.05, 0) is 48.9 Å². The second-order valence-corrected chi connectivity index (χ2v) is 9.43. The number of sulfonamides is 1. The lowest BCUT2D eigenvalue weighted by atomic mass is 10.2. The first kappa shape index (κ1) is 20.3. The Labute approximate surface area is 170 Å². The van der Waals surface area contributed by atoms with Crippen molar-refractivity contribution in [2.45, 2.75) is 11.8 Å². The molecule has 0 bridgehead atoms. The van der Waals surface area contributed by atoms with Gasteiger partial charge in [0.1, 0.15) is 5.82 Å². The van der Waals surface area contributed by atoms with Crippen LogP contribution in [0.5, 0.6) is 0 Å². The molecular weight excluding hydrogens is 459 g/mol. The van der Waals surface area contributed by atoms with Crippen molar-refractivity contribution in [2.24, 2.45) is 0 Å². The average Bonchev–Trinajstić information content (AvgIpc) is 2.63. The molecule has 0 N–H and O–H groups in total. The standard InChI is InChI=1S/C18H17BrClFN2O3S/c1-12-10-14(3-5-16(12)19)27(25,26)23-8-6-22(7-9-23)18(24)15-4-2-13(21)11-17(15)20/h2-5,10-11H,6-9H2,1H3. The Kier molecular flexibility index (Phi) is 5.90. The lowest BCUT2D eigenvalue weighted by molar-refractivity contribution is 0.0698. The molecule has 0 aliphatic carbocycles. The summed E-state index contributed by atoms with van der Waals surface area (Å²) in [4.78, 5) is 14.3. The van der Waals surface area contributed by atoms with Crippen LogP contribution in [0.3, 0.4) is 0 Å². The average molecular weight is 476 g/mol. The lowest BCUT2D eigenvalue weighted by Gasteiger charge is -2.34. The van der Waals surface area contributed by atoms with Crippen LogP contribution in [0.4, 0.5) is 4.39 Å². The highest BCUT2D eigenvalue weighted by molar-refractivity contribution is 9.10. The van der Waals surface area contributed by atoms with E-state index in [1.165, 1.54) is 21.3 Å². The van der Waals surface area contributed by atoms with Crippen molar-refractivity contribution >= 4 is 43.5 Å².